The molecule has 1 atom stereocenters. The van der Waals surface area contributed by atoms with E-state index in [-0.39, 0.29) is 19.0 Å². The van der Waals surface area contributed by atoms with E-state index in [0.717, 1.165) is 0 Å². The highest BCUT2D eigenvalue weighted by Crippen LogP contribution is 2.27. The van der Waals surface area contributed by atoms with Gasteiger partial charge in [0.1, 0.15) is 0 Å². The number of hydrogen-bond acceptors (Lipinski definition) is 3. The van der Waals surface area contributed by atoms with E-state index in [1.165, 1.54) is 16.8 Å². The van der Waals surface area contributed by atoms with Crippen molar-refractivity contribution in [3.8, 4) is 0 Å². The van der Waals surface area contributed by atoms with Crippen LogP contribution in [-0.4, -0.2) is 73.4 Å². The SMILES string of the molecule is CN(CC(F)(F)F)C1CCN(C(=O)C2(F)CCCNC2)CC1. The number of carbonyl (C=O) groups is 1. The Labute approximate surface area is 127 Å². The molecule has 22 heavy (non-hydrogen) atoms. The summed E-state index contributed by atoms with van der Waals surface area (Å²) in [6.45, 7) is 0.417. The number of likely N-dealkylation sites (tertiary alicyclic amines) is 1. The van der Waals surface area contributed by atoms with Crippen molar-refractivity contribution < 1.29 is 22.4 Å². The highest BCUT2D eigenvalue weighted by Gasteiger charge is 2.43. The van der Waals surface area contributed by atoms with Crippen LogP contribution in [0.4, 0.5) is 17.6 Å². The molecule has 4 nitrogen and oxygen atoms in total. The molecule has 1 N–H and O–H groups in total. The molecule has 0 aliphatic carbocycles. The Kier molecular flexibility index (Phi) is 5.32. The molecule has 128 valence electrons. The number of nitrogens with one attached hydrogen (secondary N) is 1. The van der Waals surface area contributed by atoms with Gasteiger partial charge in [0.05, 0.1) is 6.54 Å². The summed E-state index contributed by atoms with van der Waals surface area (Å²) >= 11 is 0. The minimum absolute atomic E-state index is 0.0275. The molecule has 0 spiro atoms. The molecule has 1 unspecified atom stereocenters. The Morgan fingerprint density at radius 1 is 1.36 bits per heavy atom. The van der Waals surface area contributed by atoms with E-state index in [4.69, 9.17) is 0 Å². The molecule has 0 bridgehead atoms. The van der Waals surface area contributed by atoms with Crippen LogP contribution in [0.2, 0.25) is 0 Å². The van der Waals surface area contributed by atoms with Gasteiger partial charge in [0.2, 0.25) is 5.67 Å². The summed E-state index contributed by atoms with van der Waals surface area (Å²) in [6.07, 6.45) is -2.50. The second-order valence-corrected chi connectivity index (χ2v) is 6.30. The molecule has 1 amide bonds. The Hall–Kier alpha value is -0.890. The summed E-state index contributed by atoms with van der Waals surface area (Å²) in [6, 6.07) is -0.217. The molecule has 2 aliphatic rings. The van der Waals surface area contributed by atoms with Crippen LogP contribution in [0.1, 0.15) is 25.7 Å². The van der Waals surface area contributed by atoms with Gasteiger partial charge < -0.3 is 10.2 Å². The summed E-state index contributed by atoms with van der Waals surface area (Å²) in [5, 5.41) is 2.89. The van der Waals surface area contributed by atoms with Crippen molar-refractivity contribution in [1.82, 2.24) is 15.1 Å². The fourth-order valence-electron chi connectivity index (χ4n) is 3.26. The summed E-state index contributed by atoms with van der Waals surface area (Å²) < 4.78 is 51.8. The average molecular weight is 325 g/mol. The zero-order valence-corrected chi connectivity index (χ0v) is 12.8. The van der Waals surface area contributed by atoms with Crippen LogP contribution in [-0.2, 0) is 4.79 Å². The zero-order chi connectivity index (χ0) is 16.4. The van der Waals surface area contributed by atoms with Crippen molar-refractivity contribution >= 4 is 5.91 Å². The smallest absolute Gasteiger partial charge is 0.340 e. The first-order valence-corrected chi connectivity index (χ1v) is 7.67. The van der Waals surface area contributed by atoms with E-state index in [1.54, 1.807) is 0 Å². The third-order valence-corrected chi connectivity index (χ3v) is 4.52. The molecule has 0 saturated carbocycles. The first-order chi connectivity index (χ1) is 10.2. The number of amides is 1. The van der Waals surface area contributed by atoms with Gasteiger partial charge in [0.25, 0.3) is 5.91 Å². The molecular formula is C14H23F4N3O. The van der Waals surface area contributed by atoms with E-state index < -0.39 is 24.3 Å². The minimum Gasteiger partial charge on any atom is -0.340 e. The van der Waals surface area contributed by atoms with Crippen LogP contribution in [0.15, 0.2) is 0 Å². The molecule has 2 heterocycles. The lowest BCUT2D eigenvalue weighted by molar-refractivity contribution is -0.154. The molecule has 0 aromatic rings. The Morgan fingerprint density at radius 2 is 2.00 bits per heavy atom. The average Bonchev–Trinajstić information content (AvgIpc) is 2.45. The molecule has 2 rings (SSSR count). The highest BCUT2D eigenvalue weighted by molar-refractivity contribution is 5.85. The number of rotatable bonds is 3. The van der Waals surface area contributed by atoms with Gasteiger partial charge in [0.15, 0.2) is 0 Å². The molecule has 2 fully saturated rings. The number of halogens is 4. The van der Waals surface area contributed by atoms with Gasteiger partial charge in [-0.15, -0.1) is 0 Å². The predicted octanol–water partition coefficient (Wildman–Crippen LogP) is 1.56. The second kappa shape index (κ2) is 6.70. The van der Waals surface area contributed by atoms with Gasteiger partial charge in [-0.2, -0.15) is 13.2 Å². The fraction of sp³-hybridized carbons (Fsp3) is 0.929. The molecule has 2 aliphatic heterocycles. The molecule has 0 aromatic heterocycles. The monoisotopic (exact) mass is 325 g/mol. The second-order valence-electron chi connectivity index (χ2n) is 6.30. The maximum atomic E-state index is 14.6. The highest BCUT2D eigenvalue weighted by atomic mass is 19.4. The summed E-state index contributed by atoms with van der Waals surface area (Å²) in [7, 11) is 1.44. The van der Waals surface area contributed by atoms with Crippen LogP contribution in [0.5, 0.6) is 0 Å². The maximum Gasteiger partial charge on any atom is 0.401 e. The fourth-order valence-corrected chi connectivity index (χ4v) is 3.26. The van der Waals surface area contributed by atoms with Gasteiger partial charge in [-0.1, -0.05) is 0 Å². The Bertz CT molecular complexity index is 388. The van der Waals surface area contributed by atoms with Crippen LogP contribution >= 0.6 is 0 Å². The van der Waals surface area contributed by atoms with Crippen LogP contribution in [0.3, 0.4) is 0 Å². The van der Waals surface area contributed by atoms with Gasteiger partial charge in [-0.05, 0) is 39.3 Å². The lowest BCUT2D eigenvalue weighted by Crippen LogP contribution is -2.57. The van der Waals surface area contributed by atoms with Gasteiger partial charge in [-0.25, -0.2) is 4.39 Å². The number of carbonyl (C=O) groups excluding carboxylic acids is 1. The Balaban J connectivity index is 1.85. The topological polar surface area (TPSA) is 35.6 Å². The van der Waals surface area contributed by atoms with E-state index in [0.29, 0.717) is 38.9 Å². The molecular weight excluding hydrogens is 302 g/mol. The van der Waals surface area contributed by atoms with E-state index in [2.05, 4.69) is 5.32 Å². The van der Waals surface area contributed by atoms with Crippen LogP contribution in [0, 0.1) is 0 Å². The van der Waals surface area contributed by atoms with E-state index >= 15 is 0 Å². The summed E-state index contributed by atoms with van der Waals surface area (Å²) in [4.78, 5) is 15.0. The number of hydrogen-bond donors (Lipinski definition) is 1. The van der Waals surface area contributed by atoms with Crippen molar-refractivity contribution in [1.29, 1.82) is 0 Å². The van der Waals surface area contributed by atoms with Crippen molar-refractivity contribution in [2.75, 3.05) is 39.8 Å². The lowest BCUT2D eigenvalue weighted by atomic mass is 9.93. The molecule has 0 aromatic carbocycles. The summed E-state index contributed by atoms with van der Waals surface area (Å²) in [5.74, 6) is -0.517. The van der Waals surface area contributed by atoms with E-state index in [1.807, 2.05) is 0 Å². The van der Waals surface area contributed by atoms with Gasteiger partial charge in [-0.3, -0.25) is 9.69 Å². The maximum absolute atomic E-state index is 14.6. The van der Waals surface area contributed by atoms with Gasteiger partial charge in [0, 0.05) is 25.7 Å². The summed E-state index contributed by atoms with van der Waals surface area (Å²) in [5.41, 5.74) is -1.86. The first-order valence-electron chi connectivity index (χ1n) is 7.67. The van der Waals surface area contributed by atoms with Crippen molar-refractivity contribution in [3.63, 3.8) is 0 Å². The predicted molar refractivity (Wildman–Crippen MR) is 74.2 cm³/mol. The first kappa shape index (κ1) is 17.5. The molecule has 8 heteroatoms. The van der Waals surface area contributed by atoms with E-state index in [9.17, 15) is 22.4 Å². The number of nitrogens with zero attached hydrogens (tertiary/aromatic N) is 2. The Morgan fingerprint density at radius 3 is 2.50 bits per heavy atom. The molecule has 2 saturated heterocycles. The van der Waals surface area contributed by atoms with Gasteiger partial charge >= 0.3 is 6.18 Å². The van der Waals surface area contributed by atoms with Crippen molar-refractivity contribution in [2.24, 2.45) is 0 Å². The van der Waals surface area contributed by atoms with Crippen LogP contribution < -0.4 is 5.32 Å². The normalized spacial score (nSPS) is 28.2. The number of piperidine rings is 2. The molecule has 0 radical (unpaired) electrons. The third kappa shape index (κ3) is 4.32. The van der Waals surface area contributed by atoms with Crippen molar-refractivity contribution in [3.05, 3.63) is 0 Å². The lowest BCUT2D eigenvalue weighted by Gasteiger charge is -2.40. The minimum atomic E-state index is -4.22. The third-order valence-electron chi connectivity index (χ3n) is 4.52. The largest absolute Gasteiger partial charge is 0.401 e. The standard InChI is InChI=1S/C14H23F4N3O/c1-20(10-14(16,17)18)11-3-7-21(8-4-11)12(22)13(15)5-2-6-19-9-13/h11,19H,2-10H2,1H3. The number of alkyl halides is 4. The van der Waals surface area contributed by atoms with Crippen LogP contribution in [0.25, 0.3) is 0 Å². The zero-order valence-electron chi connectivity index (χ0n) is 12.8. The van der Waals surface area contributed by atoms with Crippen molar-refractivity contribution in [2.45, 2.75) is 43.6 Å². The quantitative estimate of drug-likeness (QED) is 0.800.